The molecule has 0 unspecified atom stereocenters. The first-order chi connectivity index (χ1) is 14.6. The molecule has 1 heterocycles. The molecule has 1 aromatic heterocycles. The van der Waals surface area contributed by atoms with E-state index in [1.807, 2.05) is 36.4 Å². The van der Waals surface area contributed by atoms with Gasteiger partial charge in [0.25, 0.3) is 5.91 Å². The number of carbonyl (C=O) groups excluding carboxylic acids is 1. The van der Waals surface area contributed by atoms with Crippen molar-refractivity contribution in [2.45, 2.75) is 13.1 Å². The average Bonchev–Trinajstić information content (AvgIpc) is 3.24. The Morgan fingerprint density at radius 3 is 2.33 bits per heavy atom. The Balaban J connectivity index is 1.59. The number of benzene rings is 3. The van der Waals surface area contributed by atoms with Crippen LogP contribution >= 0.6 is 11.6 Å². The van der Waals surface area contributed by atoms with Crippen molar-refractivity contribution in [1.29, 1.82) is 0 Å². The molecule has 0 saturated carbocycles. The summed E-state index contributed by atoms with van der Waals surface area (Å²) in [5.74, 6) is 0.129. The molecule has 3 aromatic carbocycles. The van der Waals surface area contributed by atoms with E-state index in [2.05, 4.69) is 5.16 Å². The number of nitrogens with zero attached hydrogens (tertiary/aromatic N) is 2. The van der Waals surface area contributed by atoms with E-state index in [1.165, 1.54) is 12.1 Å². The second kappa shape index (κ2) is 8.93. The molecule has 6 heteroatoms. The van der Waals surface area contributed by atoms with Crippen molar-refractivity contribution in [3.63, 3.8) is 0 Å². The SMILES string of the molecule is O=C(c1ccc(Cl)cc1)N(Cc1ccc(F)cc1)Cc1cc(-c2ccccc2)on1. The zero-order valence-electron chi connectivity index (χ0n) is 16.0. The highest BCUT2D eigenvalue weighted by Gasteiger charge is 2.19. The lowest BCUT2D eigenvalue weighted by atomic mass is 10.1. The maximum absolute atomic E-state index is 13.3. The smallest absolute Gasteiger partial charge is 0.254 e. The molecule has 0 N–H and O–H groups in total. The monoisotopic (exact) mass is 420 g/mol. The van der Waals surface area contributed by atoms with Crippen molar-refractivity contribution in [3.8, 4) is 11.3 Å². The second-order valence-electron chi connectivity index (χ2n) is 6.84. The molecule has 0 aliphatic heterocycles. The number of carbonyl (C=O) groups is 1. The Morgan fingerprint density at radius 1 is 0.933 bits per heavy atom. The molecule has 0 atom stereocenters. The van der Waals surface area contributed by atoms with Crippen LogP contribution in [0.15, 0.2) is 89.5 Å². The summed E-state index contributed by atoms with van der Waals surface area (Å²) in [6.07, 6.45) is 0. The Bertz CT molecular complexity index is 1130. The number of aromatic nitrogens is 1. The van der Waals surface area contributed by atoms with Gasteiger partial charge in [0.1, 0.15) is 11.5 Å². The summed E-state index contributed by atoms with van der Waals surface area (Å²) < 4.78 is 18.7. The van der Waals surface area contributed by atoms with Crippen LogP contribution in [0.25, 0.3) is 11.3 Å². The Kier molecular flexibility index (Phi) is 5.91. The van der Waals surface area contributed by atoms with Crippen LogP contribution < -0.4 is 0 Å². The molecular weight excluding hydrogens is 403 g/mol. The summed E-state index contributed by atoms with van der Waals surface area (Å²) in [6.45, 7) is 0.546. The van der Waals surface area contributed by atoms with Gasteiger partial charge in [0, 0.05) is 28.8 Å². The van der Waals surface area contributed by atoms with Gasteiger partial charge in [0.05, 0.1) is 6.54 Å². The summed E-state index contributed by atoms with van der Waals surface area (Å²) in [4.78, 5) is 14.8. The summed E-state index contributed by atoms with van der Waals surface area (Å²) in [5.41, 5.74) is 2.85. The van der Waals surface area contributed by atoms with Gasteiger partial charge in [-0.05, 0) is 42.0 Å². The van der Waals surface area contributed by atoms with Crippen molar-refractivity contribution in [3.05, 3.63) is 113 Å². The molecule has 0 saturated heterocycles. The normalized spacial score (nSPS) is 10.7. The molecule has 0 radical (unpaired) electrons. The molecule has 1 amide bonds. The van der Waals surface area contributed by atoms with E-state index in [0.717, 1.165) is 11.1 Å². The Hall–Kier alpha value is -3.44. The van der Waals surface area contributed by atoms with E-state index in [0.29, 0.717) is 28.6 Å². The highest BCUT2D eigenvalue weighted by molar-refractivity contribution is 6.30. The van der Waals surface area contributed by atoms with Crippen LogP contribution in [-0.2, 0) is 13.1 Å². The highest BCUT2D eigenvalue weighted by atomic mass is 35.5. The highest BCUT2D eigenvalue weighted by Crippen LogP contribution is 2.22. The standard InChI is InChI=1S/C24H18ClFN2O2/c25-20-10-8-19(9-11-20)24(29)28(15-17-6-12-21(26)13-7-17)16-22-14-23(30-27-22)18-4-2-1-3-5-18/h1-14H,15-16H2. The molecule has 4 rings (SSSR count). The van der Waals surface area contributed by atoms with Gasteiger partial charge in [-0.25, -0.2) is 4.39 Å². The van der Waals surface area contributed by atoms with E-state index in [9.17, 15) is 9.18 Å². The lowest BCUT2D eigenvalue weighted by Gasteiger charge is -2.22. The Morgan fingerprint density at radius 2 is 1.63 bits per heavy atom. The summed E-state index contributed by atoms with van der Waals surface area (Å²) in [6, 6.07) is 24.2. The fourth-order valence-electron chi connectivity index (χ4n) is 3.11. The van der Waals surface area contributed by atoms with Crippen LogP contribution in [0.1, 0.15) is 21.6 Å². The summed E-state index contributed by atoms with van der Waals surface area (Å²) >= 11 is 5.95. The second-order valence-corrected chi connectivity index (χ2v) is 7.28. The summed E-state index contributed by atoms with van der Waals surface area (Å²) in [5, 5.41) is 4.68. The van der Waals surface area contributed by atoms with Gasteiger partial charge < -0.3 is 9.42 Å². The van der Waals surface area contributed by atoms with E-state index >= 15 is 0 Å². The minimum atomic E-state index is -0.321. The van der Waals surface area contributed by atoms with E-state index in [1.54, 1.807) is 41.3 Å². The van der Waals surface area contributed by atoms with Gasteiger partial charge in [0.15, 0.2) is 5.76 Å². The molecule has 0 aliphatic carbocycles. The number of rotatable bonds is 6. The van der Waals surface area contributed by atoms with Crippen LogP contribution in [0.2, 0.25) is 5.02 Å². The topological polar surface area (TPSA) is 46.3 Å². The Labute approximate surface area is 178 Å². The first-order valence-electron chi connectivity index (χ1n) is 9.39. The minimum absolute atomic E-state index is 0.180. The lowest BCUT2D eigenvalue weighted by Crippen LogP contribution is -2.30. The molecule has 0 bridgehead atoms. The van der Waals surface area contributed by atoms with Crippen molar-refractivity contribution < 1.29 is 13.7 Å². The minimum Gasteiger partial charge on any atom is -0.356 e. The average molecular weight is 421 g/mol. The molecule has 30 heavy (non-hydrogen) atoms. The third-order valence-electron chi connectivity index (χ3n) is 4.64. The fourth-order valence-corrected chi connectivity index (χ4v) is 3.23. The predicted octanol–water partition coefficient (Wildman–Crippen LogP) is 5.98. The van der Waals surface area contributed by atoms with Crippen molar-refractivity contribution in [1.82, 2.24) is 10.1 Å². The van der Waals surface area contributed by atoms with Gasteiger partial charge in [-0.15, -0.1) is 0 Å². The van der Waals surface area contributed by atoms with Gasteiger partial charge in [0.2, 0.25) is 0 Å². The van der Waals surface area contributed by atoms with Crippen LogP contribution in [0.4, 0.5) is 4.39 Å². The van der Waals surface area contributed by atoms with Crippen LogP contribution in [0, 0.1) is 5.82 Å². The molecular formula is C24H18ClFN2O2. The van der Waals surface area contributed by atoms with Crippen LogP contribution in [0.3, 0.4) is 0 Å². The zero-order chi connectivity index (χ0) is 20.9. The predicted molar refractivity (Wildman–Crippen MR) is 113 cm³/mol. The quantitative estimate of drug-likeness (QED) is 0.385. The lowest BCUT2D eigenvalue weighted by molar-refractivity contribution is 0.0726. The zero-order valence-corrected chi connectivity index (χ0v) is 16.7. The maximum atomic E-state index is 13.3. The molecule has 150 valence electrons. The van der Waals surface area contributed by atoms with Gasteiger partial charge in [-0.1, -0.05) is 59.2 Å². The third-order valence-corrected chi connectivity index (χ3v) is 4.89. The number of amides is 1. The first kappa shape index (κ1) is 19.9. The largest absolute Gasteiger partial charge is 0.356 e. The first-order valence-corrected chi connectivity index (χ1v) is 9.76. The van der Waals surface area contributed by atoms with Crippen molar-refractivity contribution >= 4 is 17.5 Å². The van der Waals surface area contributed by atoms with Crippen LogP contribution in [-0.4, -0.2) is 16.0 Å². The fraction of sp³-hybridized carbons (Fsp3) is 0.0833. The molecule has 4 aromatic rings. The summed E-state index contributed by atoms with van der Waals surface area (Å²) in [7, 11) is 0. The number of hydrogen-bond acceptors (Lipinski definition) is 3. The number of halogens is 2. The molecule has 0 aliphatic rings. The number of hydrogen-bond donors (Lipinski definition) is 0. The van der Waals surface area contributed by atoms with E-state index < -0.39 is 0 Å². The van der Waals surface area contributed by atoms with Crippen LogP contribution in [0.5, 0.6) is 0 Å². The van der Waals surface area contributed by atoms with Gasteiger partial charge in [-0.3, -0.25) is 4.79 Å². The van der Waals surface area contributed by atoms with E-state index in [-0.39, 0.29) is 18.3 Å². The van der Waals surface area contributed by atoms with Gasteiger partial charge in [-0.2, -0.15) is 0 Å². The van der Waals surface area contributed by atoms with Crippen molar-refractivity contribution in [2.24, 2.45) is 0 Å². The van der Waals surface area contributed by atoms with Crippen molar-refractivity contribution in [2.75, 3.05) is 0 Å². The molecule has 4 nitrogen and oxygen atoms in total. The van der Waals surface area contributed by atoms with E-state index in [4.69, 9.17) is 16.1 Å². The maximum Gasteiger partial charge on any atom is 0.254 e. The molecule has 0 fully saturated rings. The molecule has 0 spiro atoms. The van der Waals surface area contributed by atoms with Gasteiger partial charge >= 0.3 is 0 Å². The third kappa shape index (κ3) is 4.75.